The van der Waals surface area contributed by atoms with Gasteiger partial charge in [-0.1, -0.05) is 6.07 Å². The van der Waals surface area contributed by atoms with E-state index in [0.717, 1.165) is 11.3 Å². The number of benzene rings is 1. The van der Waals surface area contributed by atoms with Crippen molar-refractivity contribution in [2.45, 2.75) is 19.5 Å². The summed E-state index contributed by atoms with van der Waals surface area (Å²) in [4.78, 5) is 4.22. The molecule has 0 amide bonds. The van der Waals surface area contributed by atoms with Crippen LogP contribution in [0.2, 0.25) is 0 Å². The lowest BCUT2D eigenvalue weighted by Crippen LogP contribution is -2.18. The molecule has 0 spiro atoms. The van der Waals surface area contributed by atoms with E-state index in [-0.39, 0.29) is 17.5 Å². The van der Waals surface area contributed by atoms with Crippen molar-refractivity contribution < 1.29 is 10.2 Å². The first-order valence-corrected chi connectivity index (χ1v) is 5.81. The Morgan fingerprint density at radius 1 is 1.17 bits per heavy atom. The highest BCUT2D eigenvalue weighted by Crippen LogP contribution is 2.24. The van der Waals surface area contributed by atoms with Gasteiger partial charge in [-0.2, -0.15) is 0 Å². The van der Waals surface area contributed by atoms with Crippen LogP contribution in [0, 0.1) is 0 Å². The van der Waals surface area contributed by atoms with Crippen molar-refractivity contribution in [3.8, 4) is 11.5 Å². The fraction of sp³-hybridized carbons (Fsp3) is 0.214. The molecule has 2 rings (SSSR count). The Kier molecular flexibility index (Phi) is 3.79. The third-order valence-electron chi connectivity index (χ3n) is 2.74. The largest absolute Gasteiger partial charge is 0.508 e. The molecule has 0 aliphatic heterocycles. The minimum absolute atomic E-state index is 0.0185. The van der Waals surface area contributed by atoms with Crippen LogP contribution in [-0.4, -0.2) is 15.2 Å². The monoisotopic (exact) mass is 244 g/mol. The van der Waals surface area contributed by atoms with Gasteiger partial charge in [0.25, 0.3) is 0 Å². The average Bonchev–Trinajstić information content (AvgIpc) is 2.36. The average molecular weight is 244 g/mol. The lowest BCUT2D eigenvalue weighted by molar-refractivity contribution is 0.446. The third-order valence-corrected chi connectivity index (χ3v) is 2.74. The van der Waals surface area contributed by atoms with Gasteiger partial charge >= 0.3 is 0 Å². The third kappa shape index (κ3) is 3.21. The smallest absolute Gasteiger partial charge is 0.119 e. The number of aromatic nitrogens is 1. The standard InChI is InChI=1S/C14H16N2O2/c1-10(11-6-13(17)8-14(18)7-11)16-9-12-4-2-3-5-15-12/h2-8,10,16-18H,9H2,1H3. The molecule has 0 saturated heterocycles. The van der Waals surface area contributed by atoms with Crippen molar-refractivity contribution in [2.75, 3.05) is 0 Å². The van der Waals surface area contributed by atoms with E-state index in [1.807, 2.05) is 25.1 Å². The van der Waals surface area contributed by atoms with Crippen LogP contribution in [0.15, 0.2) is 42.6 Å². The van der Waals surface area contributed by atoms with Crippen LogP contribution >= 0.6 is 0 Å². The van der Waals surface area contributed by atoms with Gasteiger partial charge in [-0.25, -0.2) is 0 Å². The number of phenolic OH excluding ortho intramolecular Hbond substituents is 2. The Labute approximate surface area is 106 Å². The van der Waals surface area contributed by atoms with E-state index < -0.39 is 0 Å². The topological polar surface area (TPSA) is 65.4 Å². The van der Waals surface area contributed by atoms with E-state index in [0.29, 0.717) is 6.54 Å². The predicted octanol–water partition coefficient (Wildman–Crippen LogP) is 2.34. The summed E-state index contributed by atoms with van der Waals surface area (Å²) in [6.07, 6.45) is 1.75. The highest BCUT2D eigenvalue weighted by Gasteiger charge is 2.07. The van der Waals surface area contributed by atoms with Crippen LogP contribution in [-0.2, 0) is 6.54 Å². The molecule has 2 aromatic rings. The molecule has 3 N–H and O–H groups in total. The summed E-state index contributed by atoms with van der Waals surface area (Å²) in [6.45, 7) is 2.61. The van der Waals surface area contributed by atoms with E-state index in [1.165, 1.54) is 6.07 Å². The molecule has 4 heteroatoms. The fourth-order valence-electron chi connectivity index (χ4n) is 1.75. The Bertz CT molecular complexity index is 494. The maximum Gasteiger partial charge on any atom is 0.119 e. The quantitative estimate of drug-likeness (QED) is 0.772. The number of hydrogen-bond acceptors (Lipinski definition) is 4. The van der Waals surface area contributed by atoms with Gasteiger partial charge in [0.05, 0.1) is 5.69 Å². The first-order valence-electron chi connectivity index (χ1n) is 5.81. The molecule has 94 valence electrons. The second kappa shape index (κ2) is 5.51. The van der Waals surface area contributed by atoms with Gasteiger partial charge in [-0.05, 0) is 36.8 Å². The zero-order chi connectivity index (χ0) is 13.0. The maximum atomic E-state index is 9.43. The normalized spacial score (nSPS) is 12.3. The summed E-state index contributed by atoms with van der Waals surface area (Å²) in [5.74, 6) is 0.132. The Hall–Kier alpha value is -2.07. The van der Waals surface area contributed by atoms with Crippen molar-refractivity contribution in [1.29, 1.82) is 0 Å². The second-order valence-corrected chi connectivity index (χ2v) is 4.21. The molecule has 4 nitrogen and oxygen atoms in total. The van der Waals surface area contributed by atoms with Gasteiger partial charge in [0.1, 0.15) is 11.5 Å². The SMILES string of the molecule is CC(NCc1ccccn1)c1cc(O)cc(O)c1. The Balaban J connectivity index is 2.01. The highest BCUT2D eigenvalue weighted by atomic mass is 16.3. The Morgan fingerprint density at radius 2 is 1.89 bits per heavy atom. The molecule has 1 unspecified atom stereocenters. The fourth-order valence-corrected chi connectivity index (χ4v) is 1.75. The molecule has 1 atom stereocenters. The number of nitrogens with one attached hydrogen (secondary N) is 1. The number of rotatable bonds is 4. The summed E-state index contributed by atoms with van der Waals surface area (Å²) < 4.78 is 0. The van der Waals surface area contributed by atoms with Gasteiger partial charge in [-0.15, -0.1) is 0 Å². The van der Waals surface area contributed by atoms with Crippen LogP contribution in [0.1, 0.15) is 24.2 Å². The van der Waals surface area contributed by atoms with E-state index >= 15 is 0 Å². The summed E-state index contributed by atoms with van der Waals surface area (Å²) >= 11 is 0. The molecular weight excluding hydrogens is 228 g/mol. The summed E-state index contributed by atoms with van der Waals surface area (Å²) in [7, 11) is 0. The molecule has 1 aromatic heterocycles. The number of aromatic hydroxyl groups is 2. The predicted molar refractivity (Wildman–Crippen MR) is 69.3 cm³/mol. The zero-order valence-corrected chi connectivity index (χ0v) is 10.2. The molecular formula is C14H16N2O2. The van der Waals surface area contributed by atoms with Crippen molar-refractivity contribution in [2.24, 2.45) is 0 Å². The van der Waals surface area contributed by atoms with Gasteiger partial charge < -0.3 is 15.5 Å². The van der Waals surface area contributed by atoms with Crippen molar-refractivity contribution >= 4 is 0 Å². The first-order chi connectivity index (χ1) is 8.65. The van der Waals surface area contributed by atoms with Crippen molar-refractivity contribution in [1.82, 2.24) is 10.3 Å². The minimum atomic E-state index is 0.0185. The number of nitrogens with zero attached hydrogens (tertiary/aromatic N) is 1. The van der Waals surface area contributed by atoms with Crippen molar-refractivity contribution in [3.63, 3.8) is 0 Å². The first kappa shape index (κ1) is 12.4. The van der Waals surface area contributed by atoms with Crippen molar-refractivity contribution in [3.05, 3.63) is 53.9 Å². The second-order valence-electron chi connectivity index (χ2n) is 4.21. The molecule has 18 heavy (non-hydrogen) atoms. The molecule has 0 fully saturated rings. The maximum absolute atomic E-state index is 9.43. The van der Waals surface area contributed by atoms with Crippen LogP contribution in [0.25, 0.3) is 0 Å². The lowest BCUT2D eigenvalue weighted by Gasteiger charge is -2.14. The summed E-state index contributed by atoms with van der Waals surface area (Å²) in [5.41, 5.74) is 1.79. The van der Waals surface area contributed by atoms with Crippen LogP contribution in [0.5, 0.6) is 11.5 Å². The zero-order valence-electron chi connectivity index (χ0n) is 10.2. The molecule has 0 aliphatic carbocycles. The molecule has 0 bridgehead atoms. The van der Waals surface area contributed by atoms with Crippen LogP contribution in [0.4, 0.5) is 0 Å². The van der Waals surface area contributed by atoms with Crippen LogP contribution in [0.3, 0.4) is 0 Å². The number of hydrogen-bond donors (Lipinski definition) is 3. The van der Waals surface area contributed by atoms with Gasteiger partial charge in [0.2, 0.25) is 0 Å². The molecule has 0 radical (unpaired) electrons. The minimum Gasteiger partial charge on any atom is -0.508 e. The lowest BCUT2D eigenvalue weighted by atomic mass is 10.1. The summed E-state index contributed by atoms with van der Waals surface area (Å²) in [6, 6.07) is 10.4. The van der Waals surface area contributed by atoms with Crippen LogP contribution < -0.4 is 5.32 Å². The van der Waals surface area contributed by atoms with E-state index in [4.69, 9.17) is 0 Å². The Morgan fingerprint density at radius 3 is 2.50 bits per heavy atom. The van der Waals surface area contributed by atoms with E-state index in [2.05, 4.69) is 10.3 Å². The number of phenols is 2. The van der Waals surface area contributed by atoms with Gasteiger partial charge in [0.15, 0.2) is 0 Å². The summed E-state index contributed by atoms with van der Waals surface area (Å²) in [5, 5.41) is 22.1. The molecule has 1 aromatic carbocycles. The van der Waals surface area contributed by atoms with Gasteiger partial charge in [-0.3, -0.25) is 4.98 Å². The van der Waals surface area contributed by atoms with Gasteiger partial charge in [0, 0.05) is 24.8 Å². The highest BCUT2D eigenvalue weighted by molar-refractivity contribution is 5.37. The molecule has 1 heterocycles. The number of pyridine rings is 1. The van der Waals surface area contributed by atoms with E-state index in [9.17, 15) is 10.2 Å². The van der Waals surface area contributed by atoms with E-state index in [1.54, 1.807) is 18.3 Å². The molecule has 0 saturated carbocycles. The molecule has 0 aliphatic rings.